The van der Waals surface area contributed by atoms with Crippen molar-refractivity contribution in [2.45, 2.75) is 19.8 Å². The van der Waals surface area contributed by atoms with Gasteiger partial charge in [0.1, 0.15) is 5.78 Å². The topological polar surface area (TPSA) is 91.7 Å². The van der Waals surface area contributed by atoms with Gasteiger partial charge in [-0.05, 0) is 6.92 Å². The molecule has 0 fully saturated rings. The van der Waals surface area contributed by atoms with Crippen LogP contribution in [-0.4, -0.2) is 27.9 Å². The van der Waals surface area contributed by atoms with Crippen molar-refractivity contribution in [1.29, 1.82) is 0 Å². The molecule has 5 nitrogen and oxygen atoms in total. The molecule has 0 saturated heterocycles. The molecule has 0 aliphatic heterocycles. The van der Waals surface area contributed by atoms with Crippen molar-refractivity contribution in [2.24, 2.45) is 5.92 Å². The lowest BCUT2D eigenvalue weighted by Gasteiger charge is -2.05. The third-order valence-electron chi connectivity index (χ3n) is 1.30. The van der Waals surface area contributed by atoms with E-state index in [-0.39, 0.29) is 12.2 Å². The van der Waals surface area contributed by atoms with E-state index in [1.54, 1.807) is 0 Å². The second-order valence-corrected chi connectivity index (χ2v) is 2.54. The Morgan fingerprint density at radius 1 is 1.17 bits per heavy atom. The van der Waals surface area contributed by atoms with Crippen LogP contribution in [-0.2, 0) is 14.4 Å². The van der Waals surface area contributed by atoms with Gasteiger partial charge in [0.15, 0.2) is 0 Å². The molecular weight excluding hydrogens is 164 g/mol. The highest BCUT2D eigenvalue weighted by Gasteiger charge is 2.22. The maximum atomic E-state index is 10.5. The van der Waals surface area contributed by atoms with E-state index in [1.807, 2.05) is 0 Å². The second-order valence-electron chi connectivity index (χ2n) is 2.54. The maximum absolute atomic E-state index is 10.5. The smallest absolute Gasteiger partial charge is 0.307 e. The van der Waals surface area contributed by atoms with Crippen LogP contribution in [0.25, 0.3) is 0 Å². The normalized spacial score (nSPS) is 12.1. The van der Waals surface area contributed by atoms with Crippen LogP contribution in [0.15, 0.2) is 0 Å². The van der Waals surface area contributed by atoms with Crippen molar-refractivity contribution in [2.75, 3.05) is 0 Å². The lowest BCUT2D eigenvalue weighted by Crippen LogP contribution is -2.20. The molecule has 1 unspecified atom stereocenters. The Labute approximate surface area is 69.0 Å². The number of rotatable bonds is 5. The largest absolute Gasteiger partial charge is 0.481 e. The van der Waals surface area contributed by atoms with Gasteiger partial charge in [-0.15, -0.1) is 0 Å². The minimum Gasteiger partial charge on any atom is -0.481 e. The van der Waals surface area contributed by atoms with Gasteiger partial charge in [0.2, 0.25) is 0 Å². The Morgan fingerprint density at radius 2 is 1.67 bits per heavy atom. The molecule has 0 aromatic rings. The highest BCUT2D eigenvalue weighted by atomic mass is 16.4. The van der Waals surface area contributed by atoms with E-state index in [0.717, 1.165) is 0 Å². The third-order valence-corrected chi connectivity index (χ3v) is 1.30. The number of Topliss-reactive ketones (excluding diaryl/α,β-unsaturated/α-hetero) is 1. The number of carboxylic acid groups (broad SMARTS) is 2. The Morgan fingerprint density at radius 3 is 1.92 bits per heavy atom. The first kappa shape index (κ1) is 10.6. The first-order valence-corrected chi connectivity index (χ1v) is 3.37. The van der Waals surface area contributed by atoms with Crippen molar-refractivity contribution in [3.63, 3.8) is 0 Å². The molecule has 12 heavy (non-hydrogen) atoms. The molecular formula is C7H10O5. The lowest BCUT2D eigenvalue weighted by atomic mass is 10.00. The van der Waals surface area contributed by atoms with Crippen LogP contribution in [0.1, 0.15) is 19.8 Å². The van der Waals surface area contributed by atoms with Gasteiger partial charge in [-0.2, -0.15) is 0 Å². The van der Waals surface area contributed by atoms with Gasteiger partial charge in [0.25, 0.3) is 0 Å². The Kier molecular flexibility index (Phi) is 3.96. The van der Waals surface area contributed by atoms with Gasteiger partial charge in [0.05, 0.1) is 12.3 Å². The predicted molar refractivity (Wildman–Crippen MR) is 38.7 cm³/mol. The van der Waals surface area contributed by atoms with Gasteiger partial charge < -0.3 is 15.0 Å². The van der Waals surface area contributed by atoms with Crippen LogP contribution < -0.4 is 0 Å². The minimum atomic E-state index is -1.24. The zero-order chi connectivity index (χ0) is 9.72. The predicted octanol–water partition coefficient (Wildman–Crippen LogP) is 0.141. The number of carbonyl (C=O) groups excluding carboxylic acids is 1. The summed E-state index contributed by atoms with van der Waals surface area (Å²) in [5, 5.41) is 16.7. The van der Waals surface area contributed by atoms with Gasteiger partial charge in [-0.1, -0.05) is 0 Å². The highest BCUT2D eigenvalue weighted by Crippen LogP contribution is 2.09. The molecule has 0 rings (SSSR count). The first-order chi connectivity index (χ1) is 5.43. The summed E-state index contributed by atoms with van der Waals surface area (Å²) in [4.78, 5) is 31.0. The number of aliphatic carboxylic acids is 2. The Balaban J connectivity index is 4.14. The van der Waals surface area contributed by atoms with Crippen LogP contribution in [0.3, 0.4) is 0 Å². The number of ketones is 1. The molecule has 0 aromatic carbocycles. The first-order valence-electron chi connectivity index (χ1n) is 3.37. The highest BCUT2D eigenvalue weighted by molar-refractivity contribution is 5.84. The van der Waals surface area contributed by atoms with E-state index in [4.69, 9.17) is 10.2 Å². The van der Waals surface area contributed by atoms with E-state index in [1.165, 1.54) is 6.92 Å². The molecule has 0 bridgehead atoms. The SMILES string of the molecule is CC(=O)CC(CC(=O)O)C(=O)O. The van der Waals surface area contributed by atoms with E-state index in [9.17, 15) is 14.4 Å². The molecule has 0 amide bonds. The molecule has 0 saturated carbocycles. The Bertz CT molecular complexity index is 192. The molecule has 0 aliphatic carbocycles. The summed E-state index contributed by atoms with van der Waals surface area (Å²) in [5.41, 5.74) is 0. The fourth-order valence-electron chi connectivity index (χ4n) is 0.805. The summed E-state index contributed by atoms with van der Waals surface area (Å²) in [7, 11) is 0. The fourth-order valence-corrected chi connectivity index (χ4v) is 0.805. The summed E-state index contributed by atoms with van der Waals surface area (Å²) in [6.07, 6.45) is -0.726. The summed E-state index contributed by atoms with van der Waals surface area (Å²) < 4.78 is 0. The van der Waals surface area contributed by atoms with Crippen molar-refractivity contribution in [3.8, 4) is 0 Å². The fraction of sp³-hybridized carbons (Fsp3) is 0.571. The quantitative estimate of drug-likeness (QED) is 0.618. The second kappa shape index (κ2) is 4.48. The average Bonchev–Trinajstić information content (AvgIpc) is 1.83. The lowest BCUT2D eigenvalue weighted by molar-refractivity contribution is -0.149. The average molecular weight is 174 g/mol. The van der Waals surface area contributed by atoms with E-state index in [2.05, 4.69) is 0 Å². The third kappa shape index (κ3) is 4.43. The number of carboxylic acids is 2. The molecule has 1 atom stereocenters. The summed E-state index contributed by atoms with van der Waals surface area (Å²) in [6.45, 7) is 1.23. The van der Waals surface area contributed by atoms with Gasteiger partial charge >= 0.3 is 11.9 Å². The van der Waals surface area contributed by atoms with Crippen molar-refractivity contribution < 1.29 is 24.6 Å². The van der Waals surface area contributed by atoms with Gasteiger partial charge in [-0.25, -0.2) is 0 Å². The van der Waals surface area contributed by atoms with Gasteiger partial charge in [-0.3, -0.25) is 9.59 Å². The van der Waals surface area contributed by atoms with E-state index < -0.39 is 24.3 Å². The summed E-state index contributed by atoms with van der Waals surface area (Å²) >= 11 is 0. The molecule has 0 aliphatic rings. The number of hydrogen-bond acceptors (Lipinski definition) is 3. The molecule has 0 spiro atoms. The zero-order valence-electron chi connectivity index (χ0n) is 6.61. The standard InChI is InChI=1S/C7H10O5/c1-4(8)2-5(7(11)12)3-6(9)10/h5H,2-3H2,1H3,(H,9,10)(H,11,12). The van der Waals surface area contributed by atoms with Crippen molar-refractivity contribution >= 4 is 17.7 Å². The van der Waals surface area contributed by atoms with Crippen LogP contribution >= 0.6 is 0 Å². The molecule has 5 heteroatoms. The van der Waals surface area contributed by atoms with Crippen LogP contribution in [0.2, 0.25) is 0 Å². The van der Waals surface area contributed by atoms with Crippen molar-refractivity contribution in [3.05, 3.63) is 0 Å². The van der Waals surface area contributed by atoms with Crippen LogP contribution in [0.4, 0.5) is 0 Å². The Hall–Kier alpha value is -1.39. The van der Waals surface area contributed by atoms with Gasteiger partial charge in [0, 0.05) is 6.42 Å². The van der Waals surface area contributed by atoms with Crippen LogP contribution in [0.5, 0.6) is 0 Å². The summed E-state index contributed by atoms with van der Waals surface area (Å²) in [5.74, 6) is -3.86. The maximum Gasteiger partial charge on any atom is 0.307 e. The van der Waals surface area contributed by atoms with E-state index in [0.29, 0.717) is 0 Å². The molecule has 68 valence electrons. The molecule has 2 N–H and O–H groups in total. The number of hydrogen-bond donors (Lipinski definition) is 2. The monoisotopic (exact) mass is 174 g/mol. The van der Waals surface area contributed by atoms with E-state index >= 15 is 0 Å². The zero-order valence-corrected chi connectivity index (χ0v) is 6.61. The molecule has 0 heterocycles. The molecule has 0 radical (unpaired) electrons. The summed E-state index contributed by atoms with van der Waals surface area (Å²) in [6, 6.07) is 0. The van der Waals surface area contributed by atoms with Crippen LogP contribution in [0, 0.1) is 5.92 Å². The number of carbonyl (C=O) groups is 3. The minimum absolute atomic E-state index is 0.221. The molecule has 0 aromatic heterocycles. The van der Waals surface area contributed by atoms with Crippen molar-refractivity contribution in [1.82, 2.24) is 0 Å².